The zero-order valence-electron chi connectivity index (χ0n) is 18.3. The maximum absolute atomic E-state index is 13.2. The van der Waals surface area contributed by atoms with Gasteiger partial charge in [-0.15, -0.1) is 0 Å². The third-order valence-corrected chi connectivity index (χ3v) is 6.69. The van der Waals surface area contributed by atoms with Gasteiger partial charge in [0.2, 0.25) is 0 Å². The lowest BCUT2D eigenvalue weighted by atomic mass is 9.87. The Morgan fingerprint density at radius 3 is 1.88 bits per heavy atom. The zero-order valence-corrected chi connectivity index (χ0v) is 18.3. The van der Waals surface area contributed by atoms with Crippen LogP contribution in [0, 0.1) is 0 Å². The number of rotatable bonds is 5. The number of benzene rings is 1. The average molecular weight is 489 g/mol. The first-order chi connectivity index (χ1) is 15.9. The number of hydrogen-bond donors (Lipinski definition) is 2. The van der Waals surface area contributed by atoms with Crippen LogP contribution >= 0.6 is 0 Å². The molecular weight excluding hydrogens is 464 g/mol. The first-order valence-corrected chi connectivity index (χ1v) is 11.4. The SMILES string of the molecule is O=c1c(Nc2cc(C(F)(F)F)cc(C(F)(F)F)c2)c(N[C@H]2CCCC[C@@H]2N2CCCCC2)c1=O. The maximum Gasteiger partial charge on any atom is 0.416 e. The van der Waals surface area contributed by atoms with Crippen molar-refractivity contribution in [1.82, 2.24) is 4.90 Å². The van der Waals surface area contributed by atoms with Crippen molar-refractivity contribution < 1.29 is 26.3 Å². The summed E-state index contributed by atoms with van der Waals surface area (Å²) in [6, 6.07) is 1.01. The Balaban J connectivity index is 1.60. The molecule has 2 N–H and O–H groups in total. The molecule has 0 radical (unpaired) electrons. The fourth-order valence-corrected chi connectivity index (χ4v) is 4.97. The van der Waals surface area contributed by atoms with Crippen LogP contribution in [0.2, 0.25) is 0 Å². The number of nitrogens with one attached hydrogen (secondary N) is 2. The van der Waals surface area contributed by atoms with Crippen LogP contribution in [0.15, 0.2) is 27.8 Å². The molecule has 1 aliphatic heterocycles. The van der Waals surface area contributed by atoms with Crippen LogP contribution in [0.25, 0.3) is 0 Å². The first kappa shape index (κ1) is 24.6. The van der Waals surface area contributed by atoms with Crippen molar-refractivity contribution >= 4 is 17.1 Å². The molecule has 0 unspecified atom stereocenters. The lowest BCUT2D eigenvalue weighted by Gasteiger charge is -2.42. The van der Waals surface area contributed by atoms with Crippen molar-refractivity contribution in [3.05, 3.63) is 49.8 Å². The van der Waals surface area contributed by atoms with E-state index in [4.69, 9.17) is 0 Å². The fraction of sp³-hybridized carbons (Fsp3) is 0.565. The van der Waals surface area contributed by atoms with Gasteiger partial charge < -0.3 is 10.6 Å². The van der Waals surface area contributed by atoms with Crippen molar-refractivity contribution in [1.29, 1.82) is 0 Å². The van der Waals surface area contributed by atoms with E-state index in [1.54, 1.807) is 0 Å². The van der Waals surface area contributed by atoms with E-state index in [0.717, 1.165) is 58.0 Å². The Labute approximate surface area is 191 Å². The van der Waals surface area contributed by atoms with E-state index < -0.39 is 40.0 Å². The molecule has 186 valence electrons. The van der Waals surface area contributed by atoms with Crippen molar-refractivity contribution in [2.24, 2.45) is 0 Å². The molecule has 5 nitrogen and oxygen atoms in total. The predicted molar refractivity (Wildman–Crippen MR) is 116 cm³/mol. The number of piperidine rings is 1. The number of anilines is 3. The molecule has 0 bridgehead atoms. The van der Waals surface area contributed by atoms with Gasteiger partial charge in [0.1, 0.15) is 11.4 Å². The molecule has 11 heteroatoms. The molecule has 1 heterocycles. The Bertz CT molecular complexity index is 1070. The topological polar surface area (TPSA) is 61.4 Å². The summed E-state index contributed by atoms with van der Waals surface area (Å²) in [5.41, 5.74) is -5.75. The van der Waals surface area contributed by atoms with Gasteiger partial charge in [0, 0.05) is 17.8 Å². The molecule has 2 atom stereocenters. The zero-order chi connectivity index (χ0) is 24.7. The standard InChI is InChI=1S/C23H25F6N3O2/c24-22(25,26)13-10-14(23(27,28)29)12-15(11-13)30-18-19(21(34)20(18)33)31-16-6-2-3-7-17(16)32-8-4-1-5-9-32/h10-12,16-17,30-31H,1-9H2/t16-,17-/m0/s1. The maximum atomic E-state index is 13.2. The molecule has 34 heavy (non-hydrogen) atoms. The second kappa shape index (κ2) is 9.24. The summed E-state index contributed by atoms with van der Waals surface area (Å²) >= 11 is 0. The number of hydrogen-bond acceptors (Lipinski definition) is 5. The summed E-state index contributed by atoms with van der Waals surface area (Å²) in [6.07, 6.45) is -3.11. The molecule has 2 fully saturated rings. The first-order valence-electron chi connectivity index (χ1n) is 11.4. The van der Waals surface area contributed by atoms with E-state index >= 15 is 0 Å². The van der Waals surface area contributed by atoms with E-state index in [2.05, 4.69) is 15.5 Å². The van der Waals surface area contributed by atoms with Gasteiger partial charge >= 0.3 is 12.4 Å². The largest absolute Gasteiger partial charge is 0.416 e. The average Bonchev–Trinajstić information content (AvgIpc) is 2.80. The minimum absolute atomic E-state index is 0.0116. The van der Waals surface area contributed by atoms with Crippen LogP contribution < -0.4 is 21.5 Å². The highest BCUT2D eigenvalue weighted by Gasteiger charge is 2.38. The minimum Gasteiger partial charge on any atom is -0.376 e. The van der Waals surface area contributed by atoms with Crippen molar-refractivity contribution in [3.8, 4) is 0 Å². The molecule has 4 rings (SSSR count). The fourth-order valence-electron chi connectivity index (χ4n) is 4.97. The lowest BCUT2D eigenvalue weighted by Crippen LogP contribution is -2.52. The molecule has 1 saturated carbocycles. The van der Waals surface area contributed by atoms with Gasteiger partial charge in [0.05, 0.1) is 11.1 Å². The molecule has 0 amide bonds. The van der Waals surface area contributed by atoms with E-state index in [1.807, 2.05) is 0 Å². The summed E-state index contributed by atoms with van der Waals surface area (Å²) < 4.78 is 79.0. The van der Waals surface area contributed by atoms with Crippen molar-refractivity contribution in [3.63, 3.8) is 0 Å². The highest BCUT2D eigenvalue weighted by atomic mass is 19.4. The van der Waals surface area contributed by atoms with E-state index in [9.17, 15) is 35.9 Å². The van der Waals surface area contributed by atoms with Crippen LogP contribution in [-0.4, -0.2) is 30.1 Å². The summed E-state index contributed by atoms with van der Waals surface area (Å²) in [4.78, 5) is 26.9. The number of nitrogens with zero attached hydrogens (tertiary/aromatic N) is 1. The van der Waals surface area contributed by atoms with Crippen LogP contribution in [0.4, 0.5) is 43.4 Å². The molecule has 2 aromatic carbocycles. The summed E-state index contributed by atoms with van der Waals surface area (Å²) in [5, 5.41) is 5.45. The van der Waals surface area contributed by atoms with Gasteiger partial charge in [-0.2, -0.15) is 26.3 Å². The van der Waals surface area contributed by atoms with Crippen LogP contribution in [0.3, 0.4) is 0 Å². The highest BCUT2D eigenvalue weighted by molar-refractivity contribution is 5.79. The van der Waals surface area contributed by atoms with Gasteiger partial charge in [-0.3, -0.25) is 14.5 Å². The second-order valence-corrected chi connectivity index (χ2v) is 9.03. The molecule has 0 aromatic heterocycles. The van der Waals surface area contributed by atoms with Gasteiger partial charge in [-0.25, -0.2) is 0 Å². The molecule has 2 aromatic rings. The van der Waals surface area contributed by atoms with Gasteiger partial charge in [-0.05, 0) is 57.0 Å². The van der Waals surface area contributed by atoms with Gasteiger partial charge in [0.25, 0.3) is 10.9 Å². The normalized spacial score (nSPS) is 22.6. The lowest BCUT2D eigenvalue weighted by molar-refractivity contribution is -0.143. The number of alkyl halides is 6. The quantitative estimate of drug-likeness (QED) is 0.443. The molecule has 1 aliphatic carbocycles. The summed E-state index contributed by atoms with van der Waals surface area (Å²) in [5.74, 6) is 0. The van der Waals surface area contributed by atoms with E-state index in [1.165, 1.54) is 0 Å². The number of halogens is 6. The Hall–Kier alpha value is -2.56. The minimum atomic E-state index is -5.02. The Morgan fingerprint density at radius 1 is 0.735 bits per heavy atom. The highest BCUT2D eigenvalue weighted by Crippen LogP contribution is 2.38. The van der Waals surface area contributed by atoms with Crippen molar-refractivity contribution in [2.45, 2.75) is 69.4 Å². The van der Waals surface area contributed by atoms with Gasteiger partial charge in [0.15, 0.2) is 0 Å². The van der Waals surface area contributed by atoms with Crippen LogP contribution in [0.1, 0.15) is 56.1 Å². The molecule has 0 spiro atoms. The van der Waals surface area contributed by atoms with Crippen molar-refractivity contribution in [2.75, 3.05) is 23.7 Å². The van der Waals surface area contributed by atoms with E-state index in [0.29, 0.717) is 12.1 Å². The number of likely N-dealkylation sites (tertiary alicyclic amines) is 1. The second-order valence-electron chi connectivity index (χ2n) is 9.03. The monoisotopic (exact) mass is 489 g/mol. The van der Waals surface area contributed by atoms with Crippen LogP contribution in [0.5, 0.6) is 0 Å². The van der Waals surface area contributed by atoms with Gasteiger partial charge in [-0.1, -0.05) is 19.3 Å². The third kappa shape index (κ3) is 5.08. The molecular formula is C23H25F6N3O2. The Kier molecular flexibility index (Phi) is 6.67. The van der Waals surface area contributed by atoms with E-state index in [-0.39, 0.29) is 29.5 Å². The Morgan fingerprint density at radius 2 is 1.29 bits per heavy atom. The molecule has 2 aliphatic rings. The predicted octanol–water partition coefficient (Wildman–Crippen LogP) is 5.27. The summed E-state index contributed by atoms with van der Waals surface area (Å²) in [7, 11) is 0. The van der Waals surface area contributed by atoms with Crippen LogP contribution in [-0.2, 0) is 12.4 Å². The smallest absolute Gasteiger partial charge is 0.376 e. The third-order valence-electron chi connectivity index (χ3n) is 6.69. The summed E-state index contributed by atoms with van der Waals surface area (Å²) in [6.45, 7) is 1.87. The molecule has 1 saturated heterocycles.